The Balaban J connectivity index is 5.59. The van der Waals surface area contributed by atoms with Crippen molar-refractivity contribution in [1.29, 1.82) is 0 Å². The van der Waals surface area contributed by atoms with Gasteiger partial charge in [-0.15, -0.1) is 5.73 Å². The van der Waals surface area contributed by atoms with Gasteiger partial charge in [-0.3, -0.25) is 0 Å². The molecule has 80 valence electrons. The molecule has 0 saturated carbocycles. The third-order valence-corrected chi connectivity index (χ3v) is 9.88. The van der Waals surface area contributed by atoms with Crippen LogP contribution in [0.2, 0.25) is 39.3 Å². The van der Waals surface area contributed by atoms with Gasteiger partial charge in [-0.1, -0.05) is 56.8 Å². The molecule has 0 aromatic carbocycles. The summed E-state index contributed by atoms with van der Waals surface area (Å²) < 4.78 is 0. The minimum Gasteiger partial charge on any atom is -0.127 e. The molecule has 0 rings (SSSR count). The predicted octanol–water partition coefficient (Wildman–Crippen LogP) is 4.40. The van der Waals surface area contributed by atoms with Crippen LogP contribution >= 0.6 is 0 Å². The minimum absolute atomic E-state index is 1.19. The summed E-state index contributed by atoms with van der Waals surface area (Å²) in [5, 5.41) is 0. The van der Waals surface area contributed by atoms with Gasteiger partial charge in [0.05, 0.1) is 16.1 Å². The molecule has 0 nitrogen and oxygen atoms in total. The Bertz CT molecular complexity index is 262. The first-order valence-electron chi connectivity index (χ1n) is 5.20. The molecule has 0 aromatic rings. The summed E-state index contributed by atoms with van der Waals surface area (Å²) >= 11 is 0. The maximum Gasteiger partial charge on any atom is 0.0773 e. The van der Waals surface area contributed by atoms with Crippen molar-refractivity contribution in [3.63, 3.8) is 0 Å². The highest BCUT2D eigenvalue weighted by Crippen LogP contribution is 2.24. The Morgan fingerprint density at radius 1 is 1.00 bits per heavy atom. The van der Waals surface area contributed by atoms with Gasteiger partial charge in [0, 0.05) is 0 Å². The van der Waals surface area contributed by atoms with Gasteiger partial charge in [0.1, 0.15) is 0 Å². The molecule has 0 saturated heterocycles. The van der Waals surface area contributed by atoms with Crippen molar-refractivity contribution in [3.8, 4) is 0 Å². The SMILES string of the molecule is C=CC(C)=C=C([Si](C)(C)C)[Si](C)(C)C. The molecule has 0 aromatic heterocycles. The summed E-state index contributed by atoms with van der Waals surface area (Å²) in [4.78, 5) is 1.63. The minimum atomic E-state index is -1.20. The molecule has 0 amide bonds. The third kappa shape index (κ3) is 4.27. The highest BCUT2D eigenvalue weighted by atomic mass is 28.4. The average Bonchev–Trinajstić information content (AvgIpc) is 1.95. The molecule has 0 aliphatic rings. The first-order chi connectivity index (χ1) is 6.09. The van der Waals surface area contributed by atoms with Crippen molar-refractivity contribution in [2.75, 3.05) is 0 Å². The quantitative estimate of drug-likeness (QED) is 0.379. The van der Waals surface area contributed by atoms with Gasteiger partial charge < -0.3 is 0 Å². The monoisotopic (exact) mass is 224 g/mol. The van der Waals surface area contributed by atoms with Crippen molar-refractivity contribution in [2.24, 2.45) is 0 Å². The van der Waals surface area contributed by atoms with Crippen LogP contribution in [0.1, 0.15) is 6.92 Å². The summed E-state index contributed by atoms with van der Waals surface area (Å²) in [7, 11) is -2.40. The van der Waals surface area contributed by atoms with Crippen LogP contribution in [-0.2, 0) is 0 Å². The van der Waals surface area contributed by atoms with Gasteiger partial charge in [-0.2, -0.15) is 0 Å². The summed E-state index contributed by atoms with van der Waals surface area (Å²) in [5.41, 5.74) is 4.77. The van der Waals surface area contributed by atoms with Crippen molar-refractivity contribution in [1.82, 2.24) is 0 Å². The van der Waals surface area contributed by atoms with Crippen molar-refractivity contribution < 1.29 is 0 Å². The van der Waals surface area contributed by atoms with Crippen LogP contribution in [0.25, 0.3) is 0 Å². The van der Waals surface area contributed by atoms with Crippen molar-refractivity contribution >= 4 is 16.1 Å². The molecular weight excluding hydrogens is 200 g/mol. The van der Waals surface area contributed by atoms with Gasteiger partial charge in [-0.05, 0) is 12.5 Å². The van der Waals surface area contributed by atoms with E-state index in [2.05, 4.69) is 58.5 Å². The standard InChI is InChI=1S/C12H24Si2/c1-9-11(2)10-12(13(3,4)5)14(6,7)8/h9H,1H2,2-8H3. The van der Waals surface area contributed by atoms with Crippen LogP contribution in [0.5, 0.6) is 0 Å². The second-order valence-electron chi connectivity index (χ2n) is 5.89. The van der Waals surface area contributed by atoms with E-state index >= 15 is 0 Å². The van der Waals surface area contributed by atoms with E-state index in [1.165, 1.54) is 5.57 Å². The molecule has 14 heavy (non-hydrogen) atoms. The van der Waals surface area contributed by atoms with Gasteiger partial charge in [-0.25, -0.2) is 0 Å². The fourth-order valence-corrected chi connectivity index (χ4v) is 11.9. The first-order valence-corrected chi connectivity index (χ1v) is 12.2. The molecule has 0 atom stereocenters. The Kier molecular flexibility index (Phi) is 4.38. The fraction of sp³-hybridized carbons (Fsp3) is 0.583. The van der Waals surface area contributed by atoms with Gasteiger partial charge >= 0.3 is 0 Å². The summed E-state index contributed by atoms with van der Waals surface area (Å²) in [6.07, 6.45) is 1.90. The Morgan fingerprint density at radius 3 is 1.57 bits per heavy atom. The number of rotatable bonds is 3. The van der Waals surface area contributed by atoms with Crippen molar-refractivity contribution in [3.05, 3.63) is 28.8 Å². The third-order valence-electron chi connectivity index (χ3n) is 2.13. The highest BCUT2D eigenvalue weighted by Gasteiger charge is 2.30. The second-order valence-corrected chi connectivity index (χ2v) is 16.4. The number of hydrogen-bond acceptors (Lipinski definition) is 0. The van der Waals surface area contributed by atoms with E-state index in [1.807, 2.05) is 6.08 Å². The molecule has 0 unspecified atom stereocenters. The maximum absolute atomic E-state index is 3.80. The Labute approximate surface area is 91.4 Å². The summed E-state index contributed by atoms with van der Waals surface area (Å²) in [6, 6.07) is 0. The van der Waals surface area contributed by atoms with E-state index in [9.17, 15) is 0 Å². The van der Waals surface area contributed by atoms with E-state index in [-0.39, 0.29) is 0 Å². The zero-order valence-electron chi connectivity index (χ0n) is 10.8. The van der Waals surface area contributed by atoms with Crippen molar-refractivity contribution in [2.45, 2.75) is 46.2 Å². The molecule has 0 fully saturated rings. The number of allylic oxidation sites excluding steroid dienone is 2. The van der Waals surface area contributed by atoms with Crippen LogP contribution in [0.3, 0.4) is 0 Å². The lowest BCUT2D eigenvalue weighted by atomic mass is 10.3. The largest absolute Gasteiger partial charge is 0.127 e. The molecule has 0 N–H and O–H groups in total. The maximum atomic E-state index is 3.80. The topological polar surface area (TPSA) is 0 Å². The molecule has 0 bridgehead atoms. The van der Waals surface area contributed by atoms with Crippen LogP contribution < -0.4 is 0 Å². The summed E-state index contributed by atoms with van der Waals surface area (Å²) in [6.45, 7) is 20.3. The lowest BCUT2D eigenvalue weighted by Crippen LogP contribution is -2.39. The zero-order valence-corrected chi connectivity index (χ0v) is 12.8. The van der Waals surface area contributed by atoms with Gasteiger partial charge in [0.2, 0.25) is 0 Å². The lowest BCUT2D eigenvalue weighted by molar-refractivity contribution is 1.53. The first kappa shape index (κ1) is 13.7. The number of hydrogen-bond donors (Lipinski definition) is 0. The zero-order chi connectivity index (χ0) is 11.6. The Morgan fingerprint density at radius 2 is 1.36 bits per heavy atom. The average molecular weight is 224 g/mol. The molecular formula is C12H24Si2. The molecule has 0 heterocycles. The van der Waals surface area contributed by atoms with Crippen LogP contribution in [0.15, 0.2) is 28.8 Å². The van der Waals surface area contributed by atoms with E-state index in [4.69, 9.17) is 0 Å². The molecule has 0 aliphatic heterocycles. The fourth-order valence-electron chi connectivity index (χ4n) is 1.75. The van der Waals surface area contributed by atoms with Crippen LogP contribution in [-0.4, -0.2) is 16.1 Å². The Hall–Kier alpha value is -0.306. The predicted molar refractivity (Wildman–Crippen MR) is 73.1 cm³/mol. The lowest BCUT2D eigenvalue weighted by Gasteiger charge is -2.29. The molecule has 0 spiro atoms. The normalized spacial score (nSPS) is 11.9. The second kappa shape index (κ2) is 4.48. The van der Waals surface area contributed by atoms with E-state index in [0.717, 1.165) is 0 Å². The van der Waals surface area contributed by atoms with Crippen LogP contribution in [0.4, 0.5) is 0 Å². The molecule has 0 radical (unpaired) electrons. The van der Waals surface area contributed by atoms with Gasteiger partial charge in [0.15, 0.2) is 0 Å². The highest BCUT2D eigenvalue weighted by molar-refractivity contribution is 7.04. The van der Waals surface area contributed by atoms with Crippen LogP contribution in [0, 0.1) is 0 Å². The smallest absolute Gasteiger partial charge is 0.0773 e. The van der Waals surface area contributed by atoms with E-state index < -0.39 is 16.1 Å². The van der Waals surface area contributed by atoms with E-state index in [1.54, 1.807) is 4.82 Å². The summed E-state index contributed by atoms with van der Waals surface area (Å²) in [5.74, 6) is 0. The van der Waals surface area contributed by atoms with E-state index in [0.29, 0.717) is 0 Å². The molecule has 0 aliphatic carbocycles. The van der Waals surface area contributed by atoms with Gasteiger partial charge in [0.25, 0.3) is 0 Å². The molecule has 2 heteroatoms.